The summed E-state index contributed by atoms with van der Waals surface area (Å²) in [5.74, 6) is -0.0104. The molecule has 2 N–H and O–H groups in total. The highest BCUT2D eigenvalue weighted by Gasteiger charge is 2.34. The minimum Gasteiger partial charge on any atom is -0.488 e. The molecule has 1 aromatic heterocycles. The molecular formula is C19H14F4N2O. The van der Waals surface area contributed by atoms with Gasteiger partial charge in [-0.15, -0.1) is 0 Å². The number of para-hydroxylation sites is 1. The highest BCUT2D eigenvalue weighted by Crippen LogP contribution is 2.43. The van der Waals surface area contributed by atoms with Gasteiger partial charge in [-0.25, -0.2) is 4.39 Å². The maximum absolute atomic E-state index is 14.1. The fraction of sp³-hybridized carbons (Fsp3) is 0.211. The average molecular weight is 362 g/mol. The molecule has 1 aliphatic heterocycles. The van der Waals surface area contributed by atoms with Gasteiger partial charge in [0.2, 0.25) is 0 Å². The second-order valence-corrected chi connectivity index (χ2v) is 6.18. The predicted octanol–water partition coefficient (Wildman–Crippen LogP) is 4.32. The zero-order valence-corrected chi connectivity index (χ0v) is 13.5. The van der Waals surface area contributed by atoms with Crippen LogP contribution in [0.3, 0.4) is 0 Å². The Bertz CT molecular complexity index is 1000. The van der Waals surface area contributed by atoms with Crippen molar-refractivity contribution in [2.75, 3.05) is 6.54 Å². The van der Waals surface area contributed by atoms with E-state index >= 15 is 0 Å². The van der Waals surface area contributed by atoms with E-state index in [4.69, 9.17) is 10.5 Å². The van der Waals surface area contributed by atoms with Crippen molar-refractivity contribution < 1.29 is 22.3 Å². The summed E-state index contributed by atoms with van der Waals surface area (Å²) in [6.45, 7) is 0.269. The molecule has 1 atom stereocenters. The smallest absolute Gasteiger partial charge is 0.418 e. The molecular weight excluding hydrogens is 348 g/mol. The fourth-order valence-electron chi connectivity index (χ4n) is 3.37. The van der Waals surface area contributed by atoms with Gasteiger partial charge in [0.1, 0.15) is 17.7 Å². The number of nitrogens with two attached hydrogens (primary N) is 1. The molecule has 0 saturated carbocycles. The second-order valence-electron chi connectivity index (χ2n) is 6.18. The number of rotatable bonds is 2. The van der Waals surface area contributed by atoms with E-state index in [0.717, 1.165) is 6.07 Å². The number of hydrogen-bond acceptors (Lipinski definition) is 3. The number of nitrogens with zero attached hydrogens (tertiary/aromatic N) is 1. The molecule has 7 heteroatoms. The maximum atomic E-state index is 14.1. The molecule has 0 bridgehead atoms. The Balaban J connectivity index is 1.98. The summed E-state index contributed by atoms with van der Waals surface area (Å²) >= 11 is 0. The van der Waals surface area contributed by atoms with Crippen LogP contribution in [0, 0.1) is 5.82 Å². The van der Waals surface area contributed by atoms with E-state index in [2.05, 4.69) is 4.98 Å². The van der Waals surface area contributed by atoms with Gasteiger partial charge in [-0.05, 0) is 29.8 Å². The molecule has 1 aliphatic rings. The van der Waals surface area contributed by atoms with E-state index in [1.807, 2.05) is 0 Å². The van der Waals surface area contributed by atoms with Crippen LogP contribution >= 0.6 is 0 Å². The fourth-order valence-corrected chi connectivity index (χ4v) is 3.37. The summed E-state index contributed by atoms with van der Waals surface area (Å²) in [6, 6.07) is 8.05. The number of ether oxygens (including phenoxy) is 1. The molecule has 0 amide bonds. The van der Waals surface area contributed by atoms with Crippen LogP contribution in [0.4, 0.5) is 17.6 Å². The third-order valence-corrected chi connectivity index (χ3v) is 4.49. The van der Waals surface area contributed by atoms with Gasteiger partial charge < -0.3 is 10.5 Å². The summed E-state index contributed by atoms with van der Waals surface area (Å²) < 4.78 is 59.8. The lowest BCUT2D eigenvalue weighted by atomic mass is 9.96. The lowest BCUT2D eigenvalue weighted by Crippen LogP contribution is -2.24. The molecule has 3 nitrogen and oxygen atoms in total. The van der Waals surface area contributed by atoms with Gasteiger partial charge in [0.15, 0.2) is 0 Å². The first-order valence-electron chi connectivity index (χ1n) is 8.03. The van der Waals surface area contributed by atoms with Crippen molar-refractivity contribution in [2.24, 2.45) is 5.73 Å². The van der Waals surface area contributed by atoms with E-state index in [1.54, 1.807) is 12.1 Å². The Kier molecular flexibility index (Phi) is 3.84. The van der Waals surface area contributed by atoms with Gasteiger partial charge >= 0.3 is 6.18 Å². The van der Waals surface area contributed by atoms with E-state index < -0.39 is 17.6 Å². The normalized spacial score (nSPS) is 16.6. The monoisotopic (exact) mass is 362 g/mol. The molecule has 2 heterocycles. The number of halogens is 4. The number of alkyl halides is 3. The van der Waals surface area contributed by atoms with Gasteiger partial charge in [0, 0.05) is 35.7 Å². The quantitative estimate of drug-likeness (QED) is 0.691. The molecule has 0 unspecified atom stereocenters. The van der Waals surface area contributed by atoms with Crippen LogP contribution in [0.1, 0.15) is 11.1 Å². The standard InChI is InChI=1S/C19H14F4N2O/c20-11-6-10-7-12(9-24)26-18(10)15(8-11)13-4-5-25-17-14(13)2-1-3-16(17)19(21,22)23/h1-6,8,12H,7,9,24H2/t12-/m1/s1. The molecule has 134 valence electrons. The SMILES string of the molecule is NC[C@H]1Cc2cc(F)cc(-c3ccnc4c(C(F)(F)F)cccc34)c2O1. The van der Waals surface area contributed by atoms with Gasteiger partial charge in [-0.1, -0.05) is 12.1 Å². The summed E-state index contributed by atoms with van der Waals surface area (Å²) in [4.78, 5) is 3.91. The van der Waals surface area contributed by atoms with E-state index in [-0.39, 0.29) is 23.6 Å². The van der Waals surface area contributed by atoms with Crippen molar-refractivity contribution in [3.63, 3.8) is 0 Å². The van der Waals surface area contributed by atoms with Crippen LogP contribution in [-0.4, -0.2) is 17.6 Å². The molecule has 2 aromatic carbocycles. The first-order valence-corrected chi connectivity index (χ1v) is 8.03. The molecule has 0 radical (unpaired) electrons. The lowest BCUT2D eigenvalue weighted by Gasteiger charge is -2.15. The Hall–Kier alpha value is -2.67. The first-order chi connectivity index (χ1) is 12.4. The van der Waals surface area contributed by atoms with E-state index in [0.29, 0.717) is 28.9 Å². The van der Waals surface area contributed by atoms with Crippen molar-refractivity contribution in [1.29, 1.82) is 0 Å². The number of aromatic nitrogens is 1. The van der Waals surface area contributed by atoms with Gasteiger partial charge in [0.05, 0.1) is 11.1 Å². The summed E-state index contributed by atoms with van der Waals surface area (Å²) in [5, 5.41) is 0.287. The highest BCUT2D eigenvalue weighted by molar-refractivity contribution is 5.97. The Morgan fingerprint density at radius 3 is 2.69 bits per heavy atom. The predicted molar refractivity (Wildman–Crippen MR) is 89.3 cm³/mol. The van der Waals surface area contributed by atoms with Crippen LogP contribution < -0.4 is 10.5 Å². The van der Waals surface area contributed by atoms with Crippen LogP contribution in [0.2, 0.25) is 0 Å². The molecule has 0 spiro atoms. The largest absolute Gasteiger partial charge is 0.488 e. The van der Waals surface area contributed by atoms with E-state index in [1.165, 1.54) is 24.4 Å². The van der Waals surface area contributed by atoms with Gasteiger partial charge in [-0.2, -0.15) is 13.2 Å². The number of fused-ring (bicyclic) bond motifs is 2. The number of benzene rings is 2. The van der Waals surface area contributed by atoms with Crippen LogP contribution in [0.15, 0.2) is 42.6 Å². The van der Waals surface area contributed by atoms with Crippen LogP contribution in [0.25, 0.3) is 22.0 Å². The topological polar surface area (TPSA) is 48.1 Å². The molecule has 4 rings (SSSR count). The summed E-state index contributed by atoms with van der Waals surface area (Å²) in [5.41, 5.74) is 6.14. The number of pyridine rings is 1. The molecule has 0 aliphatic carbocycles. The van der Waals surface area contributed by atoms with Crippen molar-refractivity contribution in [3.8, 4) is 16.9 Å². The third kappa shape index (κ3) is 2.68. The zero-order chi connectivity index (χ0) is 18.5. The van der Waals surface area contributed by atoms with Crippen LogP contribution in [-0.2, 0) is 12.6 Å². The minimum absolute atomic E-state index is 0.177. The van der Waals surface area contributed by atoms with Crippen molar-refractivity contribution >= 4 is 10.9 Å². The van der Waals surface area contributed by atoms with Gasteiger partial charge in [-0.3, -0.25) is 4.98 Å². The lowest BCUT2D eigenvalue weighted by molar-refractivity contribution is -0.136. The van der Waals surface area contributed by atoms with Crippen molar-refractivity contribution in [1.82, 2.24) is 4.98 Å². The molecule has 0 saturated heterocycles. The zero-order valence-electron chi connectivity index (χ0n) is 13.5. The third-order valence-electron chi connectivity index (χ3n) is 4.49. The molecule has 26 heavy (non-hydrogen) atoms. The highest BCUT2D eigenvalue weighted by atomic mass is 19.4. The Morgan fingerprint density at radius 2 is 1.96 bits per heavy atom. The second kappa shape index (κ2) is 5.95. The first kappa shape index (κ1) is 16.8. The summed E-state index contributed by atoms with van der Waals surface area (Å²) in [7, 11) is 0. The van der Waals surface area contributed by atoms with E-state index in [9.17, 15) is 17.6 Å². The van der Waals surface area contributed by atoms with Crippen LogP contribution in [0.5, 0.6) is 5.75 Å². The number of hydrogen-bond donors (Lipinski definition) is 1. The van der Waals surface area contributed by atoms with Gasteiger partial charge in [0.25, 0.3) is 0 Å². The maximum Gasteiger partial charge on any atom is 0.418 e. The average Bonchev–Trinajstić information content (AvgIpc) is 3.02. The molecule has 3 aromatic rings. The minimum atomic E-state index is -4.53. The Morgan fingerprint density at radius 1 is 1.15 bits per heavy atom. The van der Waals surface area contributed by atoms with Crippen molar-refractivity contribution in [3.05, 3.63) is 59.5 Å². The summed E-state index contributed by atoms with van der Waals surface area (Å²) in [6.07, 6.45) is -3.05. The Labute approximate surface area is 146 Å². The van der Waals surface area contributed by atoms with Crippen molar-refractivity contribution in [2.45, 2.75) is 18.7 Å². The molecule has 0 fully saturated rings.